The van der Waals surface area contributed by atoms with Crippen LogP contribution in [0.3, 0.4) is 0 Å². The maximum Gasteiger partial charge on any atom is 0.253 e. The summed E-state index contributed by atoms with van der Waals surface area (Å²) in [4.78, 5) is 29.8. The molecular formula is C21H22N2O2. The number of fused-ring (bicyclic) bond motifs is 3. The average molecular weight is 334 g/mol. The van der Waals surface area contributed by atoms with Gasteiger partial charge in [-0.3, -0.25) is 14.5 Å². The average Bonchev–Trinajstić information content (AvgIpc) is 2.91. The minimum atomic E-state index is 0.0124. The molecule has 2 aromatic carbocycles. The van der Waals surface area contributed by atoms with E-state index in [1.807, 2.05) is 41.3 Å². The van der Waals surface area contributed by atoms with Gasteiger partial charge in [-0.25, -0.2) is 0 Å². The van der Waals surface area contributed by atoms with Gasteiger partial charge < -0.3 is 4.90 Å². The van der Waals surface area contributed by atoms with E-state index in [0.717, 1.165) is 16.7 Å². The van der Waals surface area contributed by atoms with Crippen molar-refractivity contribution in [3.63, 3.8) is 0 Å². The maximum atomic E-state index is 13.0. The third-order valence-electron chi connectivity index (χ3n) is 5.62. The second kappa shape index (κ2) is 5.81. The van der Waals surface area contributed by atoms with Crippen molar-refractivity contribution in [1.29, 1.82) is 0 Å². The van der Waals surface area contributed by atoms with Gasteiger partial charge in [0.05, 0.1) is 0 Å². The number of ketones is 1. The van der Waals surface area contributed by atoms with Crippen LogP contribution in [0, 0.1) is 0 Å². The molecule has 4 nitrogen and oxygen atoms in total. The molecule has 1 heterocycles. The largest absolute Gasteiger partial charge is 0.336 e. The summed E-state index contributed by atoms with van der Waals surface area (Å²) in [6.07, 6.45) is 0. The number of likely N-dealkylation sites (N-methyl/N-ethyl adjacent to an activating group) is 1. The Balaban J connectivity index is 1.65. The summed E-state index contributed by atoms with van der Waals surface area (Å²) < 4.78 is 0. The van der Waals surface area contributed by atoms with E-state index in [2.05, 4.69) is 25.8 Å². The number of nitrogens with zero attached hydrogens (tertiary/aromatic N) is 2. The summed E-state index contributed by atoms with van der Waals surface area (Å²) in [6.45, 7) is 5.70. The van der Waals surface area contributed by atoms with Gasteiger partial charge >= 0.3 is 0 Å². The highest BCUT2D eigenvalue weighted by Crippen LogP contribution is 2.36. The van der Waals surface area contributed by atoms with Crippen LogP contribution < -0.4 is 0 Å². The second-order valence-electron chi connectivity index (χ2n) is 7.21. The van der Waals surface area contributed by atoms with E-state index in [0.29, 0.717) is 36.3 Å². The molecule has 1 saturated heterocycles. The van der Waals surface area contributed by atoms with Gasteiger partial charge in [0.2, 0.25) is 0 Å². The van der Waals surface area contributed by atoms with Crippen molar-refractivity contribution in [3.05, 3.63) is 59.2 Å². The Kier molecular flexibility index (Phi) is 3.73. The van der Waals surface area contributed by atoms with Crippen LogP contribution in [0.25, 0.3) is 11.1 Å². The Morgan fingerprint density at radius 2 is 1.52 bits per heavy atom. The molecule has 0 aromatic heterocycles. The van der Waals surface area contributed by atoms with E-state index >= 15 is 0 Å². The topological polar surface area (TPSA) is 40.6 Å². The highest BCUT2D eigenvalue weighted by Gasteiger charge is 2.31. The van der Waals surface area contributed by atoms with Crippen molar-refractivity contribution in [2.45, 2.75) is 25.9 Å². The molecule has 2 aliphatic rings. The van der Waals surface area contributed by atoms with E-state index in [1.54, 1.807) is 6.07 Å². The third kappa shape index (κ3) is 2.48. The number of hydrogen-bond donors (Lipinski definition) is 0. The summed E-state index contributed by atoms with van der Waals surface area (Å²) >= 11 is 0. The zero-order chi connectivity index (χ0) is 17.7. The van der Waals surface area contributed by atoms with E-state index < -0.39 is 0 Å². The zero-order valence-electron chi connectivity index (χ0n) is 14.8. The van der Waals surface area contributed by atoms with Crippen LogP contribution in [-0.4, -0.2) is 53.7 Å². The Hall–Kier alpha value is -2.46. The highest BCUT2D eigenvalue weighted by molar-refractivity contribution is 6.22. The predicted molar refractivity (Wildman–Crippen MR) is 97.9 cm³/mol. The highest BCUT2D eigenvalue weighted by atomic mass is 16.2. The standard InChI is InChI=1S/C21H22N2O2/c1-13-11-23(12-14(2)22(13)3)21(25)15-8-9-17-16-6-4-5-7-18(16)20(24)19(17)10-15/h4-10,13-14H,11-12H2,1-3H3. The fourth-order valence-corrected chi connectivity index (χ4v) is 3.91. The van der Waals surface area contributed by atoms with Gasteiger partial charge in [0.25, 0.3) is 5.91 Å². The lowest BCUT2D eigenvalue weighted by Gasteiger charge is -2.42. The molecule has 1 fully saturated rings. The lowest BCUT2D eigenvalue weighted by Crippen LogP contribution is -2.56. The fraction of sp³-hybridized carbons (Fsp3) is 0.333. The second-order valence-corrected chi connectivity index (χ2v) is 7.21. The summed E-state index contributed by atoms with van der Waals surface area (Å²) in [5.74, 6) is 0.0266. The van der Waals surface area contributed by atoms with Crippen molar-refractivity contribution in [2.24, 2.45) is 0 Å². The van der Waals surface area contributed by atoms with Crippen LogP contribution in [-0.2, 0) is 0 Å². The zero-order valence-corrected chi connectivity index (χ0v) is 14.8. The van der Waals surface area contributed by atoms with Crippen LogP contribution in [0.2, 0.25) is 0 Å². The summed E-state index contributed by atoms with van der Waals surface area (Å²) in [6, 6.07) is 13.8. The number of amides is 1. The molecule has 0 spiro atoms. The first-order valence-electron chi connectivity index (χ1n) is 8.76. The van der Waals surface area contributed by atoms with Gasteiger partial charge in [0.15, 0.2) is 5.78 Å². The molecule has 0 N–H and O–H groups in total. The maximum absolute atomic E-state index is 13.0. The van der Waals surface area contributed by atoms with Crippen molar-refractivity contribution < 1.29 is 9.59 Å². The third-order valence-corrected chi connectivity index (χ3v) is 5.62. The molecule has 0 radical (unpaired) electrons. The van der Waals surface area contributed by atoms with Gasteiger partial charge in [0.1, 0.15) is 0 Å². The summed E-state index contributed by atoms with van der Waals surface area (Å²) in [7, 11) is 2.10. The van der Waals surface area contributed by atoms with Gasteiger partial charge in [-0.2, -0.15) is 0 Å². The van der Waals surface area contributed by atoms with E-state index in [4.69, 9.17) is 0 Å². The molecule has 1 aliphatic carbocycles. The Morgan fingerprint density at radius 1 is 0.920 bits per heavy atom. The normalized spacial score (nSPS) is 22.7. The molecule has 4 rings (SSSR count). The minimum absolute atomic E-state index is 0.0124. The summed E-state index contributed by atoms with van der Waals surface area (Å²) in [5, 5.41) is 0. The molecule has 2 unspecified atom stereocenters. The number of carbonyl (C=O) groups excluding carboxylic acids is 2. The first-order chi connectivity index (χ1) is 12.0. The number of rotatable bonds is 1. The van der Waals surface area contributed by atoms with Crippen LogP contribution in [0.1, 0.15) is 40.1 Å². The summed E-state index contributed by atoms with van der Waals surface area (Å²) in [5.41, 5.74) is 3.86. The van der Waals surface area contributed by atoms with Crippen molar-refractivity contribution in [1.82, 2.24) is 9.80 Å². The first-order valence-corrected chi connectivity index (χ1v) is 8.76. The molecule has 0 saturated carbocycles. The van der Waals surface area contributed by atoms with E-state index in [-0.39, 0.29) is 11.7 Å². The quantitative estimate of drug-likeness (QED) is 0.687. The molecule has 2 aromatic rings. The Bertz CT molecular complexity index is 862. The minimum Gasteiger partial charge on any atom is -0.336 e. The molecule has 128 valence electrons. The van der Waals surface area contributed by atoms with Gasteiger partial charge in [0, 0.05) is 41.9 Å². The van der Waals surface area contributed by atoms with Gasteiger partial charge in [-0.1, -0.05) is 30.3 Å². The van der Waals surface area contributed by atoms with Crippen LogP contribution in [0.5, 0.6) is 0 Å². The molecule has 4 heteroatoms. The fourth-order valence-electron chi connectivity index (χ4n) is 3.91. The predicted octanol–water partition coefficient (Wildman–Crippen LogP) is 3.06. The molecule has 1 amide bonds. The molecule has 2 atom stereocenters. The van der Waals surface area contributed by atoms with Gasteiger partial charge in [-0.15, -0.1) is 0 Å². The smallest absolute Gasteiger partial charge is 0.253 e. The molecule has 1 aliphatic heterocycles. The Labute approximate surface area is 148 Å². The van der Waals surface area contributed by atoms with Crippen LogP contribution in [0.15, 0.2) is 42.5 Å². The number of piperazine rings is 1. The van der Waals surface area contributed by atoms with E-state index in [1.165, 1.54) is 0 Å². The monoisotopic (exact) mass is 334 g/mol. The molecular weight excluding hydrogens is 312 g/mol. The van der Waals surface area contributed by atoms with Crippen LogP contribution >= 0.6 is 0 Å². The Morgan fingerprint density at radius 3 is 2.20 bits per heavy atom. The van der Waals surface area contributed by atoms with Crippen molar-refractivity contribution in [2.75, 3.05) is 20.1 Å². The lowest BCUT2D eigenvalue weighted by atomic mass is 10.0. The van der Waals surface area contributed by atoms with Gasteiger partial charge in [-0.05, 0) is 44.2 Å². The lowest BCUT2D eigenvalue weighted by molar-refractivity contribution is 0.0414. The SMILES string of the molecule is CC1CN(C(=O)c2ccc3c(c2)C(=O)c2ccccc2-3)CC(C)N1C. The van der Waals surface area contributed by atoms with Crippen molar-refractivity contribution >= 4 is 11.7 Å². The number of carbonyl (C=O) groups is 2. The van der Waals surface area contributed by atoms with E-state index in [9.17, 15) is 9.59 Å². The van der Waals surface area contributed by atoms with Crippen molar-refractivity contribution in [3.8, 4) is 11.1 Å². The molecule has 0 bridgehead atoms. The number of hydrogen-bond acceptors (Lipinski definition) is 3. The molecule has 25 heavy (non-hydrogen) atoms. The number of benzene rings is 2. The van der Waals surface area contributed by atoms with Crippen LogP contribution in [0.4, 0.5) is 0 Å². The first kappa shape index (κ1) is 16.0.